The van der Waals surface area contributed by atoms with Gasteiger partial charge in [0.25, 0.3) is 5.91 Å². The zero-order valence-corrected chi connectivity index (χ0v) is 16.8. The van der Waals surface area contributed by atoms with Crippen LogP contribution in [-0.2, 0) is 4.79 Å². The van der Waals surface area contributed by atoms with E-state index >= 15 is 0 Å². The highest BCUT2D eigenvalue weighted by molar-refractivity contribution is 6.32. The zero-order chi connectivity index (χ0) is 21.7. The second kappa shape index (κ2) is 9.09. The first-order valence-electron chi connectivity index (χ1n) is 9.40. The molecule has 1 amide bonds. The number of rotatable bonds is 8. The van der Waals surface area contributed by atoms with Crippen molar-refractivity contribution in [3.05, 3.63) is 71.8 Å². The van der Waals surface area contributed by atoms with Gasteiger partial charge < -0.3 is 14.6 Å². The van der Waals surface area contributed by atoms with Crippen molar-refractivity contribution in [2.75, 3.05) is 18.2 Å². The quantitative estimate of drug-likeness (QED) is 0.525. The number of hydrogen-bond donors (Lipinski definition) is 1. The SMILES string of the molecule is C=CCOc1ccc(C=C2C(=O)N(c3cccc(C(=O)O)c3)N=C2C)cc1OCC. The summed E-state index contributed by atoms with van der Waals surface area (Å²) in [5.74, 6) is -0.240. The molecule has 30 heavy (non-hydrogen) atoms. The minimum absolute atomic E-state index is 0.0852. The lowest BCUT2D eigenvalue weighted by Gasteiger charge is -2.13. The Hall–Kier alpha value is -3.87. The summed E-state index contributed by atoms with van der Waals surface area (Å²) in [4.78, 5) is 24.2. The standard InChI is InChI=1S/C23H22N2O5/c1-4-11-30-20-10-9-16(13-21(20)29-5-2)12-19-15(3)24-25(22(19)26)18-8-6-7-17(14-18)23(27)28/h4,6-10,12-14H,1,5,11H2,2-3H3,(H,27,28). The molecule has 1 aliphatic heterocycles. The van der Waals surface area contributed by atoms with Gasteiger partial charge in [0, 0.05) is 0 Å². The zero-order valence-electron chi connectivity index (χ0n) is 16.8. The average molecular weight is 406 g/mol. The van der Waals surface area contributed by atoms with E-state index in [1.165, 1.54) is 17.1 Å². The molecule has 1 aliphatic rings. The van der Waals surface area contributed by atoms with Crippen molar-refractivity contribution in [1.82, 2.24) is 0 Å². The van der Waals surface area contributed by atoms with Crippen LogP contribution in [0.5, 0.6) is 11.5 Å². The number of carbonyl (C=O) groups is 2. The topological polar surface area (TPSA) is 88.4 Å². The lowest BCUT2D eigenvalue weighted by Crippen LogP contribution is -2.21. The molecule has 2 aromatic carbocycles. The predicted octanol–water partition coefficient (Wildman–Crippen LogP) is 4.15. The van der Waals surface area contributed by atoms with Gasteiger partial charge in [0.15, 0.2) is 11.5 Å². The summed E-state index contributed by atoms with van der Waals surface area (Å²) in [6, 6.07) is 11.5. The largest absolute Gasteiger partial charge is 0.490 e. The van der Waals surface area contributed by atoms with E-state index in [0.29, 0.717) is 41.7 Å². The number of amides is 1. The van der Waals surface area contributed by atoms with Crippen LogP contribution in [0.1, 0.15) is 29.8 Å². The fourth-order valence-electron chi connectivity index (χ4n) is 2.95. The molecule has 0 aliphatic carbocycles. The fraction of sp³-hybridized carbons (Fsp3) is 0.174. The number of hydrogen-bond acceptors (Lipinski definition) is 5. The molecule has 0 fully saturated rings. The lowest BCUT2D eigenvalue weighted by molar-refractivity contribution is -0.114. The Morgan fingerprint density at radius 1 is 1.20 bits per heavy atom. The number of carboxylic acids is 1. The van der Waals surface area contributed by atoms with Gasteiger partial charge in [-0.2, -0.15) is 10.1 Å². The number of aromatic carboxylic acids is 1. The number of carbonyl (C=O) groups excluding carboxylic acids is 1. The normalized spacial score (nSPS) is 14.6. The molecular formula is C23H22N2O5. The summed E-state index contributed by atoms with van der Waals surface area (Å²) >= 11 is 0. The van der Waals surface area contributed by atoms with Gasteiger partial charge in [0.1, 0.15) is 6.61 Å². The maximum absolute atomic E-state index is 12.9. The number of carboxylic acid groups (broad SMARTS) is 1. The van der Waals surface area contributed by atoms with Crippen molar-refractivity contribution < 1.29 is 24.2 Å². The minimum atomic E-state index is -1.07. The Balaban J connectivity index is 1.91. The Morgan fingerprint density at radius 3 is 2.70 bits per heavy atom. The van der Waals surface area contributed by atoms with Gasteiger partial charge in [0.05, 0.1) is 29.1 Å². The average Bonchev–Trinajstić information content (AvgIpc) is 3.02. The molecule has 7 nitrogen and oxygen atoms in total. The van der Waals surface area contributed by atoms with E-state index in [2.05, 4.69) is 11.7 Å². The third-order valence-corrected chi connectivity index (χ3v) is 4.34. The van der Waals surface area contributed by atoms with Gasteiger partial charge in [-0.25, -0.2) is 4.79 Å². The van der Waals surface area contributed by atoms with E-state index < -0.39 is 5.97 Å². The Labute approximate surface area is 174 Å². The van der Waals surface area contributed by atoms with Crippen LogP contribution in [0.15, 0.2) is 65.8 Å². The van der Waals surface area contributed by atoms with Crippen LogP contribution in [0.3, 0.4) is 0 Å². The molecular weight excluding hydrogens is 384 g/mol. The highest BCUT2D eigenvalue weighted by atomic mass is 16.5. The molecule has 0 aromatic heterocycles. The molecule has 2 aromatic rings. The molecule has 0 radical (unpaired) electrons. The van der Waals surface area contributed by atoms with Crippen LogP contribution in [0.2, 0.25) is 0 Å². The number of nitrogens with zero attached hydrogens (tertiary/aromatic N) is 2. The van der Waals surface area contributed by atoms with E-state index in [-0.39, 0.29) is 11.5 Å². The number of anilines is 1. The first kappa shape index (κ1) is 20.9. The van der Waals surface area contributed by atoms with Gasteiger partial charge in [-0.3, -0.25) is 4.79 Å². The van der Waals surface area contributed by atoms with Gasteiger partial charge in [0.2, 0.25) is 0 Å². The summed E-state index contributed by atoms with van der Waals surface area (Å²) in [6.07, 6.45) is 3.37. The highest BCUT2D eigenvalue weighted by Crippen LogP contribution is 2.31. The van der Waals surface area contributed by atoms with Crippen LogP contribution < -0.4 is 14.5 Å². The Bertz CT molecular complexity index is 1060. The van der Waals surface area contributed by atoms with Crippen LogP contribution in [0.4, 0.5) is 5.69 Å². The van der Waals surface area contributed by atoms with Gasteiger partial charge in [-0.1, -0.05) is 24.8 Å². The van der Waals surface area contributed by atoms with Crippen LogP contribution in [0.25, 0.3) is 6.08 Å². The molecule has 0 spiro atoms. The highest BCUT2D eigenvalue weighted by Gasteiger charge is 2.29. The number of hydrazone groups is 1. The molecule has 0 saturated carbocycles. The first-order valence-corrected chi connectivity index (χ1v) is 9.40. The van der Waals surface area contributed by atoms with Gasteiger partial charge in [-0.15, -0.1) is 0 Å². The summed E-state index contributed by atoms with van der Waals surface area (Å²) < 4.78 is 11.3. The van der Waals surface area contributed by atoms with E-state index in [4.69, 9.17) is 9.47 Å². The van der Waals surface area contributed by atoms with Crippen LogP contribution in [0, 0.1) is 0 Å². The van der Waals surface area contributed by atoms with E-state index in [1.807, 2.05) is 13.0 Å². The summed E-state index contributed by atoms with van der Waals surface area (Å²) in [5, 5.41) is 14.7. The second-order valence-corrected chi connectivity index (χ2v) is 6.45. The Kier molecular flexibility index (Phi) is 6.32. The number of ether oxygens (including phenoxy) is 2. The third kappa shape index (κ3) is 4.41. The molecule has 1 heterocycles. The molecule has 3 rings (SSSR count). The van der Waals surface area contributed by atoms with E-state index in [0.717, 1.165) is 5.56 Å². The van der Waals surface area contributed by atoms with Crippen molar-refractivity contribution >= 4 is 29.4 Å². The molecule has 0 unspecified atom stereocenters. The maximum Gasteiger partial charge on any atom is 0.335 e. The van der Waals surface area contributed by atoms with Crippen molar-refractivity contribution in [2.24, 2.45) is 5.10 Å². The van der Waals surface area contributed by atoms with Crippen molar-refractivity contribution in [1.29, 1.82) is 0 Å². The molecule has 1 N–H and O–H groups in total. The monoisotopic (exact) mass is 406 g/mol. The fourth-order valence-corrected chi connectivity index (χ4v) is 2.95. The van der Waals surface area contributed by atoms with Crippen molar-refractivity contribution in [3.63, 3.8) is 0 Å². The number of benzene rings is 2. The molecule has 0 saturated heterocycles. The van der Waals surface area contributed by atoms with Gasteiger partial charge >= 0.3 is 5.97 Å². The van der Waals surface area contributed by atoms with Gasteiger partial charge in [-0.05, 0) is 55.8 Å². The van der Waals surface area contributed by atoms with Crippen LogP contribution >= 0.6 is 0 Å². The lowest BCUT2D eigenvalue weighted by atomic mass is 10.1. The third-order valence-electron chi connectivity index (χ3n) is 4.34. The van der Waals surface area contributed by atoms with Crippen molar-refractivity contribution in [3.8, 4) is 11.5 Å². The maximum atomic E-state index is 12.9. The molecule has 154 valence electrons. The predicted molar refractivity (Wildman–Crippen MR) is 115 cm³/mol. The van der Waals surface area contributed by atoms with E-state index in [1.54, 1.807) is 43.3 Å². The summed E-state index contributed by atoms with van der Waals surface area (Å²) in [5.41, 5.74) is 2.18. The second-order valence-electron chi connectivity index (χ2n) is 6.45. The smallest absolute Gasteiger partial charge is 0.335 e. The van der Waals surface area contributed by atoms with Crippen molar-refractivity contribution in [2.45, 2.75) is 13.8 Å². The summed E-state index contributed by atoms with van der Waals surface area (Å²) in [7, 11) is 0. The molecule has 0 atom stereocenters. The Morgan fingerprint density at radius 2 is 2.00 bits per heavy atom. The minimum Gasteiger partial charge on any atom is -0.490 e. The first-order chi connectivity index (χ1) is 14.4. The van der Waals surface area contributed by atoms with E-state index in [9.17, 15) is 14.7 Å². The molecule has 0 bridgehead atoms. The summed E-state index contributed by atoms with van der Waals surface area (Å²) in [6.45, 7) is 8.07. The molecule has 7 heteroatoms. The van der Waals surface area contributed by atoms with Crippen LogP contribution in [-0.4, -0.2) is 35.9 Å².